The minimum Gasteiger partial charge on any atom is -0.327 e. The van der Waals surface area contributed by atoms with Crippen molar-refractivity contribution in [2.45, 2.75) is 63.8 Å². The largest absolute Gasteiger partial charge is 0.327 e. The molecule has 1 saturated carbocycles. The molecule has 1 aromatic rings. The number of aryl methyl sites for hydroxylation is 1. The lowest BCUT2D eigenvalue weighted by atomic mass is 9.92. The molecule has 4 unspecified atom stereocenters. The van der Waals surface area contributed by atoms with Crippen LogP contribution in [0.2, 0.25) is 0 Å². The van der Waals surface area contributed by atoms with Crippen LogP contribution in [-0.4, -0.2) is 6.04 Å². The third kappa shape index (κ3) is 2.58. The highest BCUT2D eigenvalue weighted by molar-refractivity contribution is 5.39. The topological polar surface area (TPSA) is 26.0 Å². The van der Waals surface area contributed by atoms with Crippen LogP contribution in [-0.2, 0) is 6.42 Å². The van der Waals surface area contributed by atoms with E-state index >= 15 is 0 Å². The Kier molecular flexibility index (Phi) is 3.93. The molecule has 1 aromatic carbocycles. The molecule has 104 valence electrons. The van der Waals surface area contributed by atoms with Gasteiger partial charge in [-0.3, -0.25) is 0 Å². The Balaban J connectivity index is 1.58. The van der Waals surface area contributed by atoms with E-state index < -0.39 is 0 Å². The summed E-state index contributed by atoms with van der Waals surface area (Å²) in [7, 11) is 0. The van der Waals surface area contributed by atoms with Crippen LogP contribution in [0.5, 0.6) is 0 Å². The van der Waals surface area contributed by atoms with E-state index in [1.807, 2.05) is 0 Å². The Morgan fingerprint density at radius 1 is 1.21 bits per heavy atom. The Hall–Kier alpha value is -0.820. The van der Waals surface area contributed by atoms with Gasteiger partial charge in [-0.1, -0.05) is 56.9 Å². The van der Waals surface area contributed by atoms with Gasteiger partial charge in [-0.05, 0) is 48.1 Å². The highest BCUT2D eigenvalue weighted by atomic mass is 14.7. The minimum absolute atomic E-state index is 0.443. The van der Waals surface area contributed by atoms with E-state index in [0.29, 0.717) is 6.04 Å². The van der Waals surface area contributed by atoms with E-state index in [-0.39, 0.29) is 0 Å². The van der Waals surface area contributed by atoms with Crippen molar-refractivity contribution in [2.24, 2.45) is 17.6 Å². The number of unbranched alkanes of at least 4 members (excludes halogenated alkanes) is 3. The third-order valence-electron chi connectivity index (χ3n) is 5.28. The fourth-order valence-corrected chi connectivity index (χ4v) is 4.20. The summed E-state index contributed by atoms with van der Waals surface area (Å²) in [6.07, 6.45) is 9.25. The first kappa shape index (κ1) is 13.2. The van der Waals surface area contributed by atoms with Gasteiger partial charge in [0.2, 0.25) is 0 Å². The molecule has 1 heteroatoms. The molecule has 19 heavy (non-hydrogen) atoms. The summed E-state index contributed by atoms with van der Waals surface area (Å²) in [6, 6.07) is 9.48. The zero-order valence-electron chi connectivity index (χ0n) is 12.1. The summed E-state index contributed by atoms with van der Waals surface area (Å²) in [6.45, 7) is 2.27. The fraction of sp³-hybridized carbons (Fsp3) is 0.667. The summed E-state index contributed by atoms with van der Waals surface area (Å²) >= 11 is 0. The van der Waals surface area contributed by atoms with Crippen molar-refractivity contribution in [3.63, 3.8) is 0 Å². The minimum atomic E-state index is 0.443. The normalized spacial score (nSPS) is 29.5. The molecular weight excluding hydrogens is 230 g/mol. The molecule has 0 bridgehead atoms. The molecule has 0 aliphatic heterocycles. The molecule has 0 amide bonds. The van der Waals surface area contributed by atoms with Crippen LogP contribution in [0, 0.1) is 11.8 Å². The highest BCUT2D eigenvalue weighted by Gasteiger charge is 2.54. The Morgan fingerprint density at radius 2 is 2.05 bits per heavy atom. The maximum absolute atomic E-state index is 6.48. The fourth-order valence-electron chi connectivity index (χ4n) is 4.20. The molecule has 0 spiro atoms. The first-order valence-electron chi connectivity index (χ1n) is 8.16. The summed E-state index contributed by atoms with van der Waals surface area (Å²) in [4.78, 5) is 0. The van der Waals surface area contributed by atoms with Gasteiger partial charge in [-0.25, -0.2) is 0 Å². The molecular formula is C18H27N. The number of hydrogen-bond donors (Lipinski definition) is 1. The van der Waals surface area contributed by atoms with Gasteiger partial charge in [0.25, 0.3) is 0 Å². The van der Waals surface area contributed by atoms with E-state index in [0.717, 1.165) is 17.8 Å². The van der Waals surface area contributed by atoms with Crippen molar-refractivity contribution < 1.29 is 0 Å². The van der Waals surface area contributed by atoms with Crippen LogP contribution in [0.25, 0.3) is 0 Å². The monoisotopic (exact) mass is 257 g/mol. The van der Waals surface area contributed by atoms with E-state index in [9.17, 15) is 0 Å². The molecule has 0 aromatic heterocycles. The predicted octanol–water partition coefficient (Wildman–Crippen LogP) is 4.26. The Morgan fingerprint density at radius 3 is 2.89 bits per heavy atom. The average molecular weight is 257 g/mol. The molecule has 1 nitrogen and oxygen atoms in total. The molecule has 4 atom stereocenters. The van der Waals surface area contributed by atoms with Gasteiger partial charge >= 0.3 is 0 Å². The molecule has 2 aliphatic carbocycles. The van der Waals surface area contributed by atoms with Crippen molar-refractivity contribution in [1.82, 2.24) is 0 Å². The second kappa shape index (κ2) is 5.66. The molecule has 0 radical (unpaired) electrons. The predicted molar refractivity (Wildman–Crippen MR) is 81.2 cm³/mol. The van der Waals surface area contributed by atoms with Crippen molar-refractivity contribution in [1.29, 1.82) is 0 Å². The van der Waals surface area contributed by atoms with Crippen molar-refractivity contribution in [2.75, 3.05) is 0 Å². The first-order valence-corrected chi connectivity index (χ1v) is 8.16. The quantitative estimate of drug-likeness (QED) is 0.757. The van der Waals surface area contributed by atoms with Crippen LogP contribution in [0.1, 0.15) is 62.5 Å². The number of hydrogen-bond acceptors (Lipinski definition) is 1. The van der Waals surface area contributed by atoms with Crippen LogP contribution >= 0.6 is 0 Å². The maximum Gasteiger partial charge on any atom is 0.00759 e. The summed E-state index contributed by atoms with van der Waals surface area (Å²) < 4.78 is 0. The zero-order valence-corrected chi connectivity index (χ0v) is 12.1. The number of fused-ring (bicyclic) bond motifs is 3. The SMILES string of the molecule is CCCCCCC(N)C1C2CCc3ccccc3C21. The van der Waals surface area contributed by atoms with Crippen LogP contribution in [0.15, 0.2) is 24.3 Å². The Bertz CT molecular complexity index is 425. The standard InChI is InChI=1S/C18H27N/c1-2-3-4-5-10-16(19)18-15-12-11-13-8-6-7-9-14(13)17(15)18/h6-9,15-18H,2-5,10-12,19H2,1H3. The van der Waals surface area contributed by atoms with Crippen molar-refractivity contribution in [3.05, 3.63) is 35.4 Å². The van der Waals surface area contributed by atoms with Crippen molar-refractivity contribution >= 4 is 0 Å². The third-order valence-corrected chi connectivity index (χ3v) is 5.28. The van der Waals surface area contributed by atoms with E-state index in [2.05, 4.69) is 31.2 Å². The highest BCUT2D eigenvalue weighted by Crippen LogP contribution is 2.61. The second-order valence-electron chi connectivity index (χ2n) is 6.52. The molecule has 2 N–H and O–H groups in total. The van der Waals surface area contributed by atoms with Gasteiger partial charge in [0.15, 0.2) is 0 Å². The van der Waals surface area contributed by atoms with Gasteiger partial charge < -0.3 is 5.73 Å². The number of benzene rings is 1. The average Bonchev–Trinajstić information content (AvgIpc) is 3.18. The summed E-state index contributed by atoms with van der Waals surface area (Å²) in [5.74, 6) is 2.48. The maximum atomic E-state index is 6.48. The van der Waals surface area contributed by atoms with Crippen LogP contribution in [0.3, 0.4) is 0 Å². The lowest BCUT2D eigenvalue weighted by Crippen LogP contribution is -2.23. The molecule has 0 saturated heterocycles. The first-order chi connectivity index (χ1) is 9.33. The van der Waals surface area contributed by atoms with E-state index in [4.69, 9.17) is 5.73 Å². The summed E-state index contributed by atoms with van der Waals surface area (Å²) in [5.41, 5.74) is 9.68. The number of rotatable bonds is 6. The number of nitrogens with two attached hydrogens (primary N) is 1. The molecule has 3 rings (SSSR count). The molecule has 2 aliphatic rings. The van der Waals surface area contributed by atoms with Crippen LogP contribution < -0.4 is 5.73 Å². The Labute approximate surface area is 117 Å². The van der Waals surface area contributed by atoms with Gasteiger partial charge in [0, 0.05) is 6.04 Å². The van der Waals surface area contributed by atoms with E-state index in [1.165, 1.54) is 44.9 Å². The van der Waals surface area contributed by atoms with Crippen molar-refractivity contribution in [3.8, 4) is 0 Å². The van der Waals surface area contributed by atoms with E-state index in [1.54, 1.807) is 11.1 Å². The molecule has 1 fully saturated rings. The molecule has 0 heterocycles. The van der Waals surface area contributed by atoms with Gasteiger partial charge in [0.1, 0.15) is 0 Å². The van der Waals surface area contributed by atoms with Gasteiger partial charge in [-0.15, -0.1) is 0 Å². The zero-order chi connectivity index (χ0) is 13.2. The van der Waals surface area contributed by atoms with Crippen LogP contribution in [0.4, 0.5) is 0 Å². The van der Waals surface area contributed by atoms with Gasteiger partial charge in [0.05, 0.1) is 0 Å². The lowest BCUT2D eigenvalue weighted by Gasteiger charge is -2.13. The summed E-state index contributed by atoms with van der Waals surface area (Å²) in [5, 5.41) is 0. The van der Waals surface area contributed by atoms with Gasteiger partial charge in [-0.2, -0.15) is 0 Å². The second-order valence-corrected chi connectivity index (χ2v) is 6.52. The smallest absolute Gasteiger partial charge is 0.00759 e. The lowest BCUT2D eigenvalue weighted by molar-refractivity contribution is 0.476.